The second-order valence-corrected chi connectivity index (χ2v) is 13.3. The minimum absolute atomic E-state index is 0.119. The smallest absolute Gasteiger partial charge is 0.339 e. The van der Waals surface area contributed by atoms with E-state index in [2.05, 4.69) is 15.9 Å². The lowest BCUT2D eigenvalue weighted by Crippen LogP contribution is -2.30. The minimum Gasteiger partial charge on any atom is -0.454 e. The first-order chi connectivity index (χ1) is 23.3. The highest BCUT2D eigenvalue weighted by Gasteiger charge is 2.48. The topological polar surface area (TPSA) is 93.6 Å². The summed E-state index contributed by atoms with van der Waals surface area (Å²) in [4.78, 5) is 59.3. The number of hydrogen-bond acceptors (Lipinski definition) is 6. The molecule has 8 heteroatoms. The molecular weight excluding hydrogens is 668 g/mol. The summed E-state index contributed by atoms with van der Waals surface area (Å²) in [5.74, 6) is -1.63. The van der Waals surface area contributed by atoms with Gasteiger partial charge < -0.3 is 4.74 Å². The Bertz CT molecular complexity index is 2030. The van der Waals surface area contributed by atoms with E-state index in [9.17, 15) is 19.2 Å². The molecule has 1 saturated carbocycles. The molecule has 0 radical (unpaired) electrons. The van der Waals surface area contributed by atoms with Crippen LogP contribution in [-0.4, -0.2) is 35.2 Å². The molecule has 7 nitrogen and oxygen atoms in total. The molecular formula is C40H33BrN2O5. The van der Waals surface area contributed by atoms with Crippen molar-refractivity contribution >= 4 is 56.1 Å². The summed E-state index contributed by atoms with van der Waals surface area (Å²) in [7, 11) is 0. The molecule has 1 aliphatic carbocycles. The maximum Gasteiger partial charge on any atom is 0.339 e. The number of carbonyl (C=O) groups is 4. The number of ketones is 1. The van der Waals surface area contributed by atoms with Crippen molar-refractivity contribution in [3.05, 3.63) is 118 Å². The van der Waals surface area contributed by atoms with Gasteiger partial charge in [0.15, 0.2) is 12.4 Å². The Hall–Kier alpha value is -4.95. The van der Waals surface area contributed by atoms with Crippen LogP contribution < -0.4 is 4.90 Å². The lowest BCUT2D eigenvalue weighted by molar-refractivity contribution is -0.122. The molecule has 1 aromatic heterocycles. The molecule has 2 amide bonds. The minimum atomic E-state index is -0.634. The highest BCUT2D eigenvalue weighted by atomic mass is 79.9. The van der Waals surface area contributed by atoms with Gasteiger partial charge in [0.1, 0.15) is 0 Å². The number of nitrogens with zero attached hydrogens (tertiary/aromatic N) is 2. The Balaban J connectivity index is 1.15. The number of Topliss-reactive ketones (excluding diaryl/α,β-unsaturated/α-hetero) is 1. The second kappa shape index (κ2) is 13.3. The zero-order valence-corrected chi connectivity index (χ0v) is 28.0. The summed E-state index contributed by atoms with van der Waals surface area (Å²) < 4.78 is 6.42. The quantitative estimate of drug-likeness (QED) is 0.0914. The molecule has 5 aromatic rings. The van der Waals surface area contributed by atoms with Gasteiger partial charge in [-0.25, -0.2) is 9.78 Å². The molecule has 7 rings (SSSR count). The molecule has 0 bridgehead atoms. The van der Waals surface area contributed by atoms with Crippen LogP contribution in [0.2, 0.25) is 0 Å². The number of anilines is 1. The van der Waals surface area contributed by atoms with E-state index < -0.39 is 12.6 Å². The van der Waals surface area contributed by atoms with Crippen LogP contribution in [0, 0.1) is 11.8 Å². The van der Waals surface area contributed by atoms with Crippen molar-refractivity contribution in [2.45, 2.75) is 39.0 Å². The monoisotopic (exact) mass is 700 g/mol. The van der Waals surface area contributed by atoms with Gasteiger partial charge in [-0.3, -0.25) is 19.3 Å². The number of esters is 1. The highest BCUT2D eigenvalue weighted by molar-refractivity contribution is 9.10. The molecule has 48 heavy (non-hydrogen) atoms. The fourth-order valence-corrected chi connectivity index (χ4v) is 7.42. The molecule has 4 aromatic carbocycles. The highest BCUT2D eigenvalue weighted by Crippen LogP contribution is 2.40. The first-order valence-electron chi connectivity index (χ1n) is 16.3. The van der Waals surface area contributed by atoms with Crippen LogP contribution in [-0.2, 0) is 20.7 Å². The van der Waals surface area contributed by atoms with Crippen LogP contribution in [0.1, 0.15) is 58.9 Å². The number of rotatable bonds is 8. The summed E-state index contributed by atoms with van der Waals surface area (Å²) in [5, 5.41) is 0.613. The second-order valence-electron chi connectivity index (χ2n) is 12.4. The number of halogens is 1. The van der Waals surface area contributed by atoms with E-state index in [0.717, 1.165) is 46.8 Å². The van der Waals surface area contributed by atoms with Crippen molar-refractivity contribution in [3.63, 3.8) is 0 Å². The van der Waals surface area contributed by atoms with Gasteiger partial charge in [0, 0.05) is 21.0 Å². The fourth-order valence-electron chi connectivity index (χ4n) is 6.92. The number of fused-ring (bicyclic) bond motifs is 2. The van der Waals surface area contributed by atoms with Crippen LogP contribution in [0.25, 0.3) is 33.3 Å². The number of imide groups is 1. The molecule has 2 aliphatic rings. The Morgan fingerprint density at radius 2 is 1.44 bits per heavy atom. The summed E-state index contributed by atoms with van der Waals surface area (Å²) >= 11 is 3.56. The predicted octanol–water partition coefficient (Wildman–Crippen LogP) is 8.61. The van der Waals surface area contributed by atoms with Gasteiger partial charge in [-0.05, 0) is 66.3 Å². The first-order valence-corrected chi connectivity index (χ1v) is 17.1. The van der Waals surface area contributed by atoms with Gasteiger partial charge in [0.25, 0.3) is 0 Å². The van der Waals surface area contributed by atoms with E-state index >= 15 is 0 Å². The Kier molecular flexibility index (Phi) is 8.75. The van der Waals surface area contributed by atoms with Gasteiger partial charge in [0.05, 0.1) is 34.3 Å². The maximum absolute atomic E-state index is 13.7. The van der Waals surface area contributed by atoms with Gasteiger partial charge in [0.2, 0.25) is 11.8 Å². The van der Waals surface area contributed by atoms with Crippen molar-refractivity contribution < 1.29 is 23.9 Å². The van der Waals surface area contributed by atoms with E-state index in [-0.39, 0.29) is 35.0 Å². The number of aromatic nitrogens is 1. The molecule has 2 atom stereocenters. The van der Waals surface area contributed by atoms with Gasteiger partial charge in [-0.1, -0.05) is 102 Å². The molecule has 0 spiro atoms. The number of benzene rings is 4. The third-order valence-corrected chi connectivity index (χ3v) is 9.93. The van der Waals surface area contributed by atoms with Crippen molar-refractivity contribution in [3.8, 4) is 22.4 Å². The number of carbonyl (C=O) groups excluding carboxylic acids is 4. The van der Waals surface area contributed by atoms with Crippen LogP contribution >= 0.6 is 15.9 Å². The third kappa shape index (κ3) is 5.97. The number of amides is 2. The largest absolute Gasteiger partial charge is 0.454 e. The third-order valence-electron chi connectivity index (χ3n) is 9.47. The zero-order valence-electron chi connectivity index (χ0n) is 26.4. The lowest BCUT2D eigenvalue weighted by Gasteiger charge is -2.19. The fraction of sp³-hybridized carbons (Fsp3) is 0.225. The molecule has 240 valence electrons. The van der Waals surface area contributed by atoms with E-state index in [4.69, 9.17) is 9.72 Å². The summed E-state index contributed by atoms with van der Waals surface area (Å²) in [6.45, 7) is 1.61. The van der Waals surface area contributed by atoms with E-state index in [1.165, 1.54) is 4.90 Å². The lowest BCUT2D eigenvalue weighted by atomic mass is 9.81. The van der Waals surface area contributed by atoms with Crippen molar-refractivity contribution in [2.24, 2.45) is 11.8 Å². The van der Waals surface area contributed by atoms with Crippen LogP contribution in [0.15, 0.2) is 102 Å². The summed E-state index contributed by atoms with van der Waals surface area (Å²) in [6.07, 6.45) is 4.13. The maximum atomic E-state index is 13.7. The Morgan fingerprint density at radius 3 is 2.08 bits per heavy atom. The van der Waals surface area contributed by atoms with Gasteiger partial charge in [-0.2, -0.15) is 0 Å². The van der Waals surface area contributed by atoms with Gasteiger partial charge >= 0.3 is 5.97 Å². The van der Waals surface area contributed by atoms with Crippen LogP contribution in [0.3, 0.4) is 0 Å². The van der Waals surface area contributed by atoms with E-state index in [1.807, 2.05) is 73.7 Å². The molecule has 1 saturated heterocycles. The molecule has 2 unspecified atom stereocenters. The Labute approximate surface area is 287 Å². The van der Waals surface area contributed by atoms with Crippen molar-refractivity contribution in [1.82, 2.24) is 4.98 Å². The molecule has 1 aliphatic heterocycles. The van der Waals surface area contributed by atoms with E-state index in [0.29, 0.717) is 39.8 Å². The SMILES string of the molecule is CCc1cc(Br)cc2c(C(=O)OCC(=O)c3ccc(-c4ccccc4)cc3)cc(-c3ccc(N4C(=O)C5CCCCC5C4=O)cc3)nc12. The predicted molar refractivity (Wildman–Crippen MR) is 189 cm³/mol. The molecule has 0 N–H and O–H groups in total. The number of hydrogen-bond donors (Lipinski definition) is 0. The summed E-state index contributed by atoms with van der Waals surface area (Å²) in [5.41, 5.74) is 6.16. The number of pyridine rings is 1. The summed E-state index contributed by atoms with van der Waals surface area (Å²) in [6, 6.07) is 29.7. The number of aryl methyl sites for hydroxylation is 1. The molecule has 2 heterocycles. The standard InChI is InChI=1S/C40H33BrN2O5/c1-2-24-20-29(41)21-33-34(40(47)48-23-36(44)28-14-12-26(13-15-28)25-8-4-3-5-9-25)22-35(42-37(24)33)27-16-18-30(19-17-27)43-38(45)31-10-6-7-11-32(31)39(43)46/h3-5,8-9,12-22,31-32H,2,6-7,10-11,23H2,1H3. The van der Waals surface area contributed by atoms with Gasteiger partial charge in [-0.15, -0.1) is 0 Å². The normalized spacial score (nSPS) is 17.4. The molecule has 2 fully saturated rings. The average molecular weight is 702 g/mol. The van der Waals surface area contributed by atoms with Crippen LogP contribution in [0.4, 0.5) is 5.69 Å². The average Bonchev–Trinajstić information content (AvgIpc) is 3.39. The van der Waals surface area contributed by atoms with E-state index in [1.54, 1.807) is 30.3 Å². The Morgan fingerprint density at radius 1 is 0.812 bits per heavy atom. The van der Waals surface area contributed by atoms with Crippen molar-refractivity contribution in [2.75, 3.05) is 11.5 Å². The number of ether oxygens (including phenoxy) is 1. The first kappa shape index (κ1) is 31.6. The van der Waals surface area contributed by atoms with Crippen molar-refractivity contribution in [1.29, 1.82) is 0 Å². The van der Waals surface area contributed by atoms with Crippen LogP contribution in [0.5, 0.6) is 0 Å². The zero-order chi connectivity index (χ0) is 33.4.